The predicted octanol–water partition coefficient (Wildman–Crippen LogP) is 6.10. The number of fused-ring (bicyclic) bond motifs is 1. The molecular formula is C24H21NO4. The summed E-state index contributed by atoms with van der Waals surface area (Å²) in [4.78, 5) is 12.7. The molecular weight excluding hydrogens is 366 g/mol. The molecule has 0 aliphatic carbocycles. The van der Waals surface area contributed by atoms with Crippen molar-refractivity contribution in [1.82, 2.24) is 0 Å². The van der Waals surface area contributed by atoms with E-state index in [4.69, 9.17) is 13.9 Å². The van der Waals surface area contributed by atoms with E-state index in [1.54, 1.807) is 31.4 Å². The molecule has 0 aliphatic rings. The van der Waals surface area contributed by atoms with Crippen LogP contribution in [0.4, 0.5) is 5.69 Å². The number of hydrogen-bond acceptors (Lipinski definition) is 4. The van der Waals surface area contributed by atoms with Gasteiger partial charge < -0.3 is 19.2 Å². The number of carbonyl (C=O) groups is 1. The van der Waals surface area contributed by atoms with Crippen LogP contribution in [0.5, 0.6) is 17.2 Å². The molecule has 1 aromatic heterocycles. The molecule has 146 valence electrons. The number of benzene rings is 3. The van der Waals surface area contributed by atoms with Gasteiger partial charge in [0.15, 0.2) is 5.76 Å². The van der Waals surface area contributed by atoms with Gasteiger partial charge in [-0.3, -0.25) is 4.79 Å². The van der Waals surface area contributed by atoms with Crippen LogP contribution in [-0.4, -0.2) is 13.0 Å². The van der Waals surface area contributed by atoms with E-state index >= 15 is 0 Å². The van der Waals surface area contributed by atoms with E-state index in [2.05, 4.69) is 5.32 Å². The number of anilines is 1. The van der Waals surface area contributed by atoms with Crippen molar-refractivity contribution >= 4 is 22.6 Å². The molecule has 0 radical (unpaired) electrons. The summed E-state index contributed by atoms with van der Waals surface area (Å²) >= 11 is 0. The Hall–Kier alpha value is -3.73. The average molecular weight is 387 g/mol. The molecule has 4 rings (SSSR count). The topological polar surface area (TPSA) is 60.7 Å². The van der Waals surface area contributed by atoms with Gasteiger partial charge in [-0.15, -0.1) is 0 Å². The Balaban J connectivity index is 1.49. The van der Waals surface area contributed by atoms with Gasteiger partial charge in [-0.05, 0) is 68.4 Å². The second kappa shape index (κ2) is 7.72. The fourth-order valence-corrected chi connectivity index (χ4v) is 3.08. The maximum absolute atomic E-state index is 12.7. The summed E-state index contributed by atoms with van der Waals surface area (Å²) in [5, 5.41) is 3.73. The van der Waals surface area contributed by atoms with Crippen molar-refractivity contribution in [2.75, 3.05) is 12.4 Å². The summed E-state index contributed by atoms with van der Waals surface area (Å²) in [6.45, 7) is 3.89. The van der Waals surface area contributed by atoms with Crippen molar-refractivity contribution < 1.29 is 18.7 Å². The van der Waals surface area contributed by atoms with Crippen LogP contribution in [-0.2, 0) is 0 Å². The Kier molecular flexibility index (Phi) is 4.96. The molecule has 0 saturated carbocycles. The summed E-state index contributed by atoms with van der Waals surface area (Å²) in [5.74, 6) is 2.16. The minimum absolute atomic E-state index is 0.285. The van der Waals surface area contributed by atoms with Gasteiger partial charge in [-0.2, -0.15) is 0 Å². The maximum atomic E-state index is 12.7. The first kappa shape index (κ1) is 18.6. The summed E-state index contributed by atoms with van der Waals surface area (Å²) in [6.07, 6.45) is 0. The molecule has 0 saturated heterocycles. The third kappa shape index (κ3) is 3.94. The molecule has 1 N–H and O–H groups in total. The number of amides is 1. The maximum Gasteiger partial charge on any atom is 0.291 e. The number of ether oxygens (including phenoxy) is 2. The number of carbonyl (C=O) groups excluding carboxylic acids is 1. The Bertz CT molecular complexity index is 1160. The first-order valence-electron chi connectivity index (χ1n) is 9.26. The second-order valence-electron chi connectivity index (χ2n) is 6.81. The van der Waals surface area contributed by atoms with Crippen LogP contribution in [0.3, 0.4) is 0 Å². The highest BCUT2D eigenvalue weighted by Gasteiger charge is 2.18. The Morgan fingerprint density at radius 1 is 0.862 bits per heavy atom. The molecule has 5 nitrogen and oxygen atoms in total. The Labute approximate surface area is 168 Å². The van der Waals surface area contributed by atoms with Gasteiger partial charge in [0.1, 0.15) is 22.8 Å². The van der Waals surface area contributed by atoms with Gasteiger partial charge in [0.25, 0.3) is 5.91 Å². The van der Waals surface area contributed by atoms with E-state index in [1.165, 1.54) is 5.56 Å². The van der Waals surface area contributed by atoms with Crippen molar-refractivity contribution in [2.24, 2.45) is 0 Å². The van der Waals surface area contributed by atoms with Gasteiger partial charge >= 0.3 is 0 Å². The third-order valence-corrected chi connectivity index (χ3v) is 4.72. The molecule has 5 heteroatoms. The predicted molar refractivity (Wildman–Crippen MR) is 113 cm³/mol. The first-order chi connectivity index (χ1) is 14.0. The smallest absolute Gasteiger partial charge is 0.291 e. The summed E-state index contributed by atoms with van der Waals surface area (Å²) in [7, 11) is 1.61. The molecule has 1 amide bonds. The summed E-state index contributed by atoms with van der Waals surface area (Å²) in [5.41, 5.74) is 3.25. The molecule has 29 heavy (non-hydrogen) atoms. The zero-order valence-electron chi connectivity index (χ0n) is 16.5. The monoisotopic (exact) mass is 387 g/mol. The lowest BCUT2D eigenvalue weighted by atomic mass is 10.1. The number of hydrogen-bond donors (Lipinski definition) is 1. The molecule has 0 unspecified atom stereocenters. The van der Waals surface area contributed by atoms with Crippen molar-refractivity contribution in [1.29, 1.82) is 0 Å². The molecule has 0 bridgehead atoms. The van der Waals surface area contributed by atoms with Crippen molar-refractivity contribution in [3.8, 4) is 17.2 Å². The van der Waals surface area contributed by atoms with Gasteiger partial charge in [-0.1, -0.05) is 17.7 Å². The van der Waals surface area contributed by atoms with E-state index in [0.717, 1.165) is 22.4 Å². The quantitative estimate of drug-likeness (QED) is 0.449. The number of nitrogens with one attached hydrogen (secondary N) is 1. The standard InChI is InChI=1S/C24H21NO4/c1-15-4-8-18(9-5-15)28-19-10-6-17(7-11-19)25-24(26)23-16(2)21-14-20(27-3)12-13-22(21)29-23/h4-14H,1-3H3,(H,25,26). The largest absolute Gasteiger partial charge is 0.497 e. The minimum atomic E-state index is -0.301. The van der Waals surface area contributed by atoms with Gasteiger partial charge in [0.05, 0.1) is 7.11 Å². The van der Waals surface area contributed by atoms with E-state index in [0.29, 0.717) is 17.0 Å². The summed E-state index contributed by atoms with van der Waals surface area (Å²) < 4.78 is 16.8. The van der Waals surface area contributed by atoms with Gasteiger partial charge in [0, 0.05) is 16.6 Å². The lowest BCUT2D eigenvalue weighted by molar-refractivity contribution is 0.0998. The zero-order chi connectivity index (χ0) is 20.4. The lowest BCUT2D eigenvalue weighted by Crippen LogP contribution is -2.11. The van der Waals surface area contributed by atoms with E-state index in [1.807, 2.05) is 56.3 Å². The summed E-state index contributed by atoms with van der Waals surface area (Å²) in [6, 6.07) is 20.5. The van der Waals surface area contributed by atoms with Crippen LogP contribution in [0.15, 0.2) is 71.1 Å². The van der Waals surface area contributed by atoms with Crippen molar-refractivity contribution in [3.05, 3.63) is 83.6 Å². The zero-order valence-corrected chi connectivity index (χ0v) is 16.5. The highest BCUT2D eigenvalue weighted by molar-refractivity contribution is 6.06. The number of rotatable bonds is 5. The number of aryl methyl sites for hydroxylation is 2. The molecule has 1 heterocycles. The molecule has 0 atom stereocenters. The van der Waals surface area contributed by atoms with Crippen LogP contribution in [0.25, 0.3) is 11.0 Å². The highest BCUT2D eigenvalue weighted by Crippen LogP contribution is 2.29. The molecule has 0 spiro atoms. The van der Waals surface area contributed by atoms with E-state index in [9.17, 15) is 4.79 Å². The normalized spacial score (nSPS) is 10.7. The Morgan fingerprint density at radius 2 is 1.48 bits per heavy atom. The van der Waals surface area contributed by atoms with Crippen molar-refractivity contribution in [2.45, 2.75) is 13.8 Å². The number of methoxy groups -OCH3 is 1. The average Bonchev–Trinajstić information content (AvgIpc) is 3.07. The third-order valence-electron chi connectivity index (χ3n) is 4.72. The van der Waals surface area contributed by atoms with Crippen LogP contribution in [0.2, 0.25) is 0 Å². The fourth-order valence-electron chi connectivity index (χ4n) is 3.08. The van der Waals surface area contributed by atoms with E-state index in [-0.39, 0.29) is 11.7 Å². The Morgan fingerprint density at radius 3 is 2.14 bits per heavy atom. The molecule has 0 fully saturated rings. The first-order valence-corrected chi connectivity index (χ1v) is 9.26. The van der Waals surface area contributed by atoms with Crippen LogP contribution in [0.1, 0.15) is 21.7 Å². The van der Waals surface area contributed by atoms with Crippen LogP contribution < -0.4 is 14.8 Å². The molecule has 4 aromatic rings. The number of furan rings is 1. The van der Waals surface area contributed by atoms with Crippen LogP contribution in [0, 0.1) is 13.8 Å². The minimum Gasteiger partial charge on any atom is -0.497 e. The highest BCUT2D eigenvalue weighted by atomic mass is 16.5. The van der Waals surface area contributed by atoms with Gasteiger partial charge in [0.2, 0.25) is 0 Å². The SMILES string of the molecule is COc1ccc2oc(C(=O)Nc3ccc(Oc4ccc(C)cc4)cc3)c(C)c2c1. The van der Waals surface area contributed by atoms with Crippen LogP contribution >= 0.6 is 0 Å². The van der Waals surface area contributed by atoms with Gasteiger partial charge in [-0.25, -0.2) is 0 Å². The molecule has 0 aliphatic heterocycles. The van der Waals surface area contributed by atoms with Crippen molar-refractivity contribution in [3.63, 3.8) is 0 Å². The van der Waals surface area contributed by atoms with E-state index < -0.39 is 0 Å². The molecule has 3 aromatic carbocycles. The fraction of sp³-hybridized carbons (Fsp3) is 0.125. The second-order valence-corrected chi connectivity index (χ2v) is 6.81. The lowest BCUT2D eigenvalue weighted by Gasteiger charge is -2.08.